The molecule has 3 aromatic rings. The number of aryl methyl sites for hydroxylation is 2. The third-order valence-electron chi connectivity index (χ3n) is 2.95. The normalized spacial score (nSPS) is 11.1. The van der Waals surface area contributed by atoms with Gasteiger partial charge in [0.1, 0.15) is 5.76 Å². The molecule has 0 aliphatic carbocycles. The summed E-state index contributed by atoms with van der Waals surface area (Å²) in [6.07, 6.45) is 0. The number of nitrogens with zero attached hydrogens (tertiary/aromatic N) is 3. The molecule has 0 bridgehead atoms. The fraction of sp³-hybridized carbons (Fsp3) is 0.154. The fourth-order valence-corrected chi connectivity index (χ4v) is 2.29. The minimum absolute atomic E-state index is 0.268. The van der Waals surface area contributed by atoms with Crippen LogP contribution in [0.4, 0.5) is 0 Å². The van der Waals surface area contributed by atoms with Crippen LogP contribution in [0.25, 0.3) is 16.6 Å². The smallest absolute Gasteiger partial charge is 0.301 e. The zero-order valence-corrected chi connectivity index (χ0v) is 11.1. The number of benzene rings is 1. The molecule has 6 heteroatoms. The molecule has 0 saturated carbocycles. The van der Waals surface area contributed by atoms with E-state index in [4.69, 9.17) is 16.1 Å². The van der Waals surface area contributed by atoms with Gasteiger partial charge in [-0.25, -0.2) is 0 Å². The van der Waals surface area contributed by atoms with Gasteiger partial charge in [0.25, 0.3) is 0 Å². The van der Waals surface area contributed by atoms with E-state index in [2.05, 4.69) is 10.3 Å². The van der Waals surface area contributed by atoms with Gasteiger partial charge in [0.15, 0.2) is 5.52 Å². The Labute approximate surface area is 113 Å². The first-order chi connectivity index (χ1) is 9.09. The van der Waals surface area contributed by atoms with Gasteiger partial charge < -0.3 is 4.52 Å². The number of aromatic nitrogens is 3. The van der Waals surface area contributed by atoms with E-state index >= 15 is 0 Å². The van der Waals surface area contributed by atoms with E-state index < -0.39 is 0 Å². The first-order valence-corrected chi connectivity index (χ1v) is 6.08. The van der Waals surface area contributed by atoms with E-state index in [1.807, 2.05) is 0 Å². The number of hydrogen-bond acceptors (Lipinski definition) is 4. The van der Waals surface area contributed by atoms with Crippen LogP contribution >= 0.6 is 11.6 Å². The van der Waals surface area contributed by atoms with Gasteiger partial charge in [-0.2, -0.15) is 9.78 Å². The van der Waals surface area contributed by atoms with E-state index in [9.17, 15) is 4.79 Å². The fourth-order valence-electron chi connectivity index (χ4n) is 2.08. The predicted octanol–water partition coefficient (Wildman–Crippen LogP) is 2.64. The van der Waals surface area contributed by atoms with Crippen molar-refractivity contribution < 1.29 is 4.52 Å². The van der Waals surface area contributed by atoms with Gasteiger partial charge in [-0.05, 0) is 26.0 Å². The average molecular weight is 276 g/mol. The van der Waals surface area contributed by atoms with Crippen LogP contribution in [0.5, 0.6) is 0 Å². The van der Waals surface area contributed by atoms with Crippen LogP contribution in [-0.2, 0) is 0 Å². The first-order valence-electron chi connectivity index (χ1n) is 5.70. The lowest BCUT2D eigenvalue weighted by molar-refractivity contribution is 0.405. The van der Waals surface area contributed by atoms with E-state index in [0.717, 1.165) is 0 Å². The molecule has 0 atom stereocenters. The Morgan fingerprint density at radius 2 is 2.00 bits per heavy atom. The number of para-hydroxylation sites is 1. The topological polar surface area (TPSA) is 60.9 Å². The lowest BCUT2D eigenvalue weighted by Crippen LogP contribution is -2.22. The second-order valence-electron chi connectivity index (χ2n) is 4.22. The number of fused-ring (bicyclic) bond motifs is 1. The third kappa shape index (κ3) is 1.74. The lowest BCUT2D eigenvalue weighted by atomic mass is 10.2. The van der Waals surface area contributed by atoms with Crippen molar-refractivity contribution in [3.05, 3.63) is 51.1 Å². The van der Waals surface area contributed by atoms with E-state index in [1.165, 1.54) is 4.68 Å². The van der Waals surface area contributed by atoms with Gasteiger partial charge in [-0.1, -0.05) is 28.9 Å². The highest BCUT2D eigenvalue weighted by molar-refractivity contribution is 6.32. The second kappa shape index (κ2) is 4.20. The van der Waals surface area contributed by atoms with Crippen molar-refractivity contribution in [3.63, 3.8) is 0 Å². The van der Waals surface area contributed by atoms with Gasteiger partial charge in [0.05, 0.1) is 21.8 Å². The van der Waals surface area contributed by atoms with Gasteiger partial charge in [-0.15, -0.1) is 0 Å². The Hall–Kier alpha value is -2.14. The predicted molar refractivity (Wildman–Crippen MR) is 71.9 cm³/mol. The Balaban J connectivity index is 2.41. The Kier molecular flexibility index (Phi) is 2.64. The molecule has 2 aromatic heterocycles. The van der Waals surface area contributed by atoms with Crippen LogP contribution in [0.15, 0.2) is 33.6 Å². The van der Waals surface area contributed by atoms with Crippen LogP contribution in [0.2, 0.25) is 5.02 Å². The SMILES string of the molecule is Cc1nn(-c2ccccc2Cl)c(=O)c2noc(C)c12. The molecule has 0 unspecified atom stereocenters. The summed E-state index contributed by atoms with van der Waals surface area (Å²) >= 11 is 6.10. The molecular weight excluding hydrogens is 266 g/mol. The molecule has 2 heterocycles. The first kappa shape index (κ1) is 11.9. The Morgan fingerprint density at radius 3 is 2.74 bits per heavy atom. The zero-order chi connectivity index (χ0) is 13.6. The molecule has 0 fully saturated rings. The van der Waals surface area contributed by atoms with E-state index in [-0.39, 0.29) is 11.1 Å². The Bertz CT molecular complexity index is 836. The molecule has 1 aromatic carbocycles. The molecule has 0 aliphatic heterocycles. The lowest BCUT2D eigenvalue weighted by Gasteiger charge is -2.07. The van der Waals surface area contributed by atoms with Gasteiger partial charge in [-0.3, -0.25) is 4.79 Å². The van der Waals surface area contributed by atoms with Gasteiger partial charge in [0, 0.05) is 0 Å². The maximum atomic E-state index is 12.4. The summed E-state index contributed by atoms with van der Waals surface area (Å²) in [5.74, 6) is 0.586. The van der Waals surface area contributed by atoms with Crippen LogP contribution in [-0.4, -0.2) is 14.9 Å². The highest BCUT2D eigenvalue weighted by Gasteiger charge is 2.16. The molecule has 96 valence electrons. The maximum absolute atomic E-state index is 12.4. The van der Waals surface area contributed by atoms with Gasteiger partial charge in [0.2, 0.25) is 0 Å². The van der Waals surface area contributed by atoms with Crippen molar-refractivity contribution in [2.24, 2.45) is 0 Å². The van der Waals surface area contributed by atoms with Crippen molar-refractivity contribution in [3.8, 4) is 5.69 Å². The maximum Gasteiger partial charge on any atom is 0.301 e. The molecular formula is C13H10ClN3O2. The molecule has 0 spiro atoms. The summed E-state index contributed by atoms with van der Waals surface area (Å²) in [5, 5.41) is 9.20. The molecule has 3 rings (SSSR count). The summed E-state index contributed by atoms with van der Waals surface area (Å²) in [4.78, 5) is 12.4. The van der Waals surface area contributed by atoms with Crippen LogP contribution in [0.1, 0.15) is 11.5 Å². The molecule has 0 amide bonds. The third-order valence-corrected chi connectivity index (χ3v) is 3.27. The zero-order valence-electron chi connectivity index (χ0n) is 10.3. The summed E-state index contributed by atoms with van der Waals surface area (Å²) in [7, 11) is 0. The molecule has 0 N–H and O–H groups in total. The molecule has 0 radical (unpaired) electrons. The van der Waals surface area contributed by atoms with Crippen molar-refractivity contribution in [1.29, 1.82) is 0 Å². The van der Waals surface area contributed by atoms with E-state index in [0.29, 0.717) is 27.6 Å². The molecule has 0 saturated heterocycles. The van der Waals surface area contributed by atoms with Crippen molar-refractivity contribution >= 4 is 22.5 Å². The molecule has 5 nitrogen and oxygen atoms in total. The highest BCUT2D eigenvalue weighted by Crippen LogP contribution is 2.21. The van der Waals surface area contributed by atoms with E-state index in [1.54, 1.807) is 38.1 Å². The minimum atomic E-state index is -0.342. The van der Waals surface area contributed by atoms with Crippen molar-refractivity contribution in [1.82, 2.24) is 14.9 Å². The minimum Gasteiger partial charge on any atom is -0.360 e. The highest BCUT2D eigenvalue weighted by atomic mass is 35.5. The number of rotatable bonds is 1. The summed E-state index contributed by atoms with van der Waals surface area (Å²) in [6.45, 7) is 3.56. The van der Waals surface area contributed by atoms with Crippen LogP contribution < -0.4 is 5.56 Å². The number of halogens is 1. The van der Waals surface area contributed by atoms with Gasteiger partial charge >= 0.3 is 5.56 Å². The molecule has 19 heavy (non-hydrogen) atoms. The largest absolute Gasteiger partial charge is 0.360 e. The summed E-state index contributed by atoms with van der Waals surface area (Å²) in [6, 6.07) is 7.03. The van der Waals surface area contributed by atoms with Crippen LogP contribution in [0, 0.1) is 13.8 Å². The van der Waals surface area contributed by atoms with Crippen molar-refractivity contribution in [2.45, 2.75) is 13.8 Å². The van der Waals surface area contributed by atoms with Crippen molar-refractivity contribution in [2.75, 3.05) is 0 Å². The number of hydrogen-bond donors (Lipinski definition) is 0. The average Bonchev–Trinajstić information content (AvgIpc) is 2.78. The standard InChI is InChI=1S/C13H10ClN3O2/c1-7-11-8(2)19-16-12(11)13(18)17(15-7)10-6-4-3-5-9(10)14/h3-6H,1-2H3. The quantitative estimate of drug-likeness (QED) is 0.685. The second-order valence-corrected chi connectivity index (χ2v) is 4.62. The summed E-state index contributed by atoms with van der Waals surface area (Å²) < 4.78 is 6.31. The summed E-state index contributed by atoms with van der Waals surface area (Å²) in [5.41, 5.74) is 1.13. The Morgan fingerprint density at radius 1 is 1.26 bits per heavy atom. The monoisotopic (exact) mass is 275 g/mol. The van der Waals surface area contributed by atoms with Crippen LogP contribution in [0.3, 0.4) is 0 Å². The molecule has 0 aliphatic rings.